The molecule has 0 bridgehead atoms. The molecule has 16 heteroatoms. The summed E-state index contributed by atoms with van der Waals surface area (Å²) in [6.45, 7) is -2.11. The molecule has 3 rings (SSSR count). The second-order valence-corrected chi connectivity index (χ2v) is 8.37. The Morgan fingerprint density at radius 2 is 1.03 bits per heavy atom. The Labute approximate surface area is 192 Å². The summed E-state index contributed by atoms with van der Waals surface area (Å²) < 4.78 is 26.2. The fraction of sp³-hybridized carbons (Fsp3) is 1.00. The van der Waals surface area contributed by atoms with Gasteiger partial charge in [-0.25, -0.2) is 0 Å². The molecule has 0 aromatic heterocycles. The van der Waals surface area contributed by atoms with Gasteiger partial charge in [0.15, 0.2) is 18.9 Å². The Bertz CT molecular complexity index is 639. The van der Waals surface area contributed by atoms with Crippen LogP contribution in [0.25, 0.3) is 0 Å². The minimum Gasteiger partial charge on any atom is -0.394 e. The molecule has 3 heterocycles. The third-order valence-corrected chi connectivity index (χ3v) is 6.07. The third kappa shape index (κ3) is 5.52. The highest BCUT2D eigenvalue weighted by atomic mass is 16.7. The zero-order valence-corrected chi connectivity index (χ0v) is 17.7. The summed E-state index contributed by atoms with van der Waals surface area (Å²) in [6, 6.07) is 0. The zero-order chi connectivity index (χ0) is 25.3. The summed E-state index contributed by atoms with van der Waals surface area (Å²) in [5.74, 6) is 0. The highest BCUT2D eigenvalue weighted by molar-refractivity contribution is 4.94. The van der Waals surface area contributed by atoms with Crippen molar-refractivity contribution in [1.82, 2.24) is 0 Å². The van der Waals surface area contributed by atoms with Crippen molar-refractivity contribution < 1.29 is 79.9 Å². The predicted molar refractivity (Wildman–Crippen MR) is 101 cm³/mol. The first-order valence-corrected chi connectivity index (χ1v) is 10.6. The van der Waals surface area contributed by atoms with E-state index >= 15 is 0 Å². The van der Waals surface area contributed by atoms with Crippen LogP contribution in [-0.4, -0.2) is 168 Å². The largest absolute Gasteiger partial charge is 0.394 e. The van der Waals surface area contributed by atoms with Crippen molar-refractivity contribution >= 4 is 0 Å². The van der Waals surface area contributed by atoms with Crippen LogP contribution in [0.4, 0.5) is 0 Å². The summed E-state index contributed by atoms with van der Waals surface area (Å²) in [7, 11) is 0. The monoisotopic (exact) mass is 504 g/mol. The van der Waals surface area contributed by atoms with E-state index in [1.165, 1.54) is 0 Å². The van der Waals surface area contributed by atoms with Crippen LogP contribution in [0.1, 0.15) is 0 Å². The van der Waals surface area contributed by atoms with Gasteiger partial charge in [0.2, 0.25) is 0 Å². The highest BCUT2D eigenvalue weighted by Crippen LogP contribution is 2.30. The lowest BCUT2D eigenvalue weighted by atomic mass is 9.97. The molecule has 3 saturated heterocycles. The van der Waals surface area contributed by atoms with Crippen LogP contribution in [-0.2, 0) is 23.7 Å². The molecule has 34 heavy (non-hydrogen) atoms. The molecule has 0 radical (unpaired) electrons. The highest BCUT2D eigenvalue weighted by Gasteiger charge is 2.51. The molecular formula is C18H32O16. The van der Waals surface area contributed by atoms with Crippen molar-refractivity contribution in [3.05, 3.63) is 0 Å². The maximum absolute atomic E-state index is 10.7. The van der Waals surface area contributed by atoms with Crippen LogP contribution in [0.2, 0.25) is 0 Å². The van der Waals surface area contributed by atoms with Crippen LogP contribution in [0.3, 0.4) is 0 Å². The van der Waals surface area contributed by atoms with Gasteiger partial charge in [-0.1, -0.05) is 0 Å². The first kappa shape index (κ1) is 27.9. The normalized spacial score (nSPS) is 52.5. The van der Waals surface area contributed by atoms with E-state index in [4.69, 9.17) is 23.7 Å². The van der Waals surface area contributed by atoms with Gasteiger partial charge in [-0.2, -0.15) is 0 Å². The van der Waals surface area contributed by atoms with E-state index in [2.05, 4.69) is 0 Å². The molecule has 0 aromatic carbocycles. The fourth-order valence-corrected chi connectivity index (χ4v) is 3.94. The summed E-state index contributed by atoms with van der Waals surface area (Å²) in [4.78, 5) is 0. The fourth-order valence-electron chi connectivity index (χ4n) is 3.94. The van der Waals surface area contributed by atoms with Crippen LogP contribution < -0.4 is 0 Å². The van der Waals surface area contributed by atoms with Gasteiger partial charge >= 0.3 is 0 Å². The van der Waals surface area contributed by atoms with E-state index in [1.54, 1.807) is 0 Å². The Morgan fingerprint density at radius 1 is 0.500 bits per heavy atom. The maximum Gasteiger partial charge on any atom is 0.187 e. The number of hydrogen-bond acceptors (Lipinski definition) is 16. The predicted octanol–water partition coefficient (Wildman–Crippen LogP) is -7.57. The average molecular weight is 504 g/mol. The summed E-state index contributed by atoms with van der Waals surface area (Å²) in [6.07, 6.45) is -24.9. The number of rotatable bonds is 7. The molecule has 3 aliphatic rings. The average Bonchev–Trinajstić information content (AvgIpc) is 2.82. The number of ether oxygens (including phenoxy) is 5. The van der Waals surface area contributed by atoms with Crippen molar-refractivity contribution in [1.29, 1.82) is 0 Å². The van der Waals surface area contributed by atoms with E-state index in [0.717, 1.165) is 0 Å². The van der Waals surface area contributed by atoms with Gasteiger partial charge in [-0.3, -0.25) is 0 Å². The molecule has 3 fully saturated rings. The van der Waals surface area contributed by atoms with E-state index in [9.17, 15) is 56.2 Å². The molecule has 0 amide bonds. The van der Waals surface area contributed by atoms with Gasteiger partial charge in [0.05, 0.1) is 19.8 Å². The molecule has 3 aliphatic heterocycles. The van der Waals surface area contributed by atoms with Gasteiger partial charge in [-0.05, 0) is 0 Å². The molecule has 0 aliphatic carbocycles. The van der Waals surface area contributed by atoms with E-state index < -0.39 is 112 Å². The van der Waals surface area contributed by atoms with Crippen LogP contribution >= 0.6 is 0 Å². The van der Waals surface area contributed by atoms with Gasteiger partial charge in [0.1, 0.15) is 73.2 Å². The second kappa shape index (κ2) is 11.6. The van der Waals surface area contributed by atoms with Crippen LogP contribution in [0.15, 0.2) is 0 Å². The molecule has 0 aromatic rings. The molecule has 15 atom stereocenters. The smallest absolute Gasteiger partial charge is 0.187 e. The lowest BCUT2D eigenvalue weighted by Crippen LogP contribution is -2.65. The zero-order valence-electron chi connectivity index (χ0n) is 17.7. The Morgan fingerprint density at radius 3 is 1.65 bits per heavy atom. The van der Waals surface area contributed by atoms with Crippen molar-refractivity contribution in [2.24, 2.45) is 0 Å². The van der Waals surface area contributed by atoms with Gasteiger partial charge in [0.25, 0.3) is 0 Å². The van der Waals surface area contributed by atoms with Crippen molar-refractivity contribution in [2.45, 2.75) is 92.1 Å². The molecule has 0 spiro atoms. The lowest BCUT2D eigenvalue weighted by Gasteiger charge is -2.46. The Hall–Kier alpha value is -0.640. The first-order chi connectivity index (χ1) is 16.0. The Kier molecular flexibility index (Phi) is 9.54. The van der Waals surface area contributed by atoms with Crippen LogP contribution in [0, 0.1) is 0 Å². The molecular weight excluding hydrogens is 472 g/mol. The number of aliphatic hydroxyl groups is 11. The number of aliphatic hydroxyl groups excluding tert-OH is 11. The minimum atomic E-state index is -1.84. The molecule has 16 nitrogen and oxygen atoms in total. The van der Waals surface area contributed by atoms with Gasteiger partial charge < -0.3 is 79.9 Å². The summed E-state index contributed by atoms with van der Waals surface area (Å²) >= 11 is 0. The molecule has 1 unspecified atom stereocenters. The van der Waals surface area contributed by atoms with Gasteiger partial charge in [0, 0.05) is 0 Å². The topological polar surface area (TPSA) is 269 Å². The second-order valence-electron chi connectivity index (χ2n) is 8.37. The lowest BCUT2D eigenvalue weighted by molar-refractivity contribution is -0.364. The standard InChI is InChI=1S/C18H32O16/c19-1-4-7(21)11(25)13(27)18(33-4)34-15-9(23)5(2-20)32-17(14(15)28)30-3-6-8(22)10(24)12(26)16(29)31-6/h4-29H,1-3H2/t4-,5-,6-,7-,8-,9-,10+,11+,12-,13-,14-,15+,16?,17-,18-/m1/s1. The quantitative estimate of drug-likeness (QED) is 0.154. The van der Waals surface area contributed by atoms with Crippen molar-refractivity contribution in [3.63, 3.8) is 0 Å². The summed E-state index contributed by atoms with van der Waals surface area (Å²) in [5, 5.41) is 109. The van der Waals surface area contributed by atoms with Crippen molar-refractivity contribution in [3.8, 4) is 0 Å². The van der Waals surface area contributed by atoms with E-state index in [-0.39, 0.29) is 0 Å². The van der Waals surface area contributed by atoms with Crippen LogP contribution in [0.5, 0.6) is 0 Å². The number of hydrogen-bond donors (Lipinski definition) is 11. The first-order valence-electron chi connectivity index (χ1n) is 10.6. The SMILES string of the molecule is OC[C@H]1O[C@H](O[C@@H]2[C@@H](O)[C@H](OC[C@H]3OC(O)[C@H](O)[C@@H](O)[C@@H]3O)O[C@H](CO)[C@H]2O)[C@H](O)[C@@H](O)[C@@H]1O. The van der Waals surface area contributed by atoms with E-state index in [0.29, 0.717) is 0 Å². The van der Waals surface area contributed by atoms with E-state index in [1.807, 2.05) is 0 Å². The minimum absolute atomic E-state index is 0.593. The maximum atomic E-state index is 10.7. The Balaban J connectivity index is 1.68. The molecule has 0 saturated carbocycles. The van der Waals surface area contributed by atoms with Gasteiger partial charge in [-0.15, -0.1) is 0 Å². The molecule has 11 N–H and O–H groups in total. The third-order valence-electron chi connectivity index (χ3n) is 6.07. The molecule has 200 valence electrons. The summed E-state index contributed by atoms with van der Waals surface area (Å²) in [5.41, 5.74) is 0. The van der Waals surface area contributed by atoms with Crippen molar-refractivity contribution in [2.75, 3.05) is 19.8 Å².